The van der Waals surface area contributed by atoms with E-state index in [-0.39, 0.29) is 5.91 Å². The van der Waals surface area contributed by atoms with Crippen LogP contribution in [0.15, 0.2) is 42.7 Å². The van der Waals surface area contributed by atoms with Gasteiger partial charge in [0.05, 0.1) is 11.9 Å². The molecule has 0 bridgehead atoms. The second kappa shape index (κ2) is 5.31. The molecule has 0 aliphatic rings. The van der Waals surface area contributed by atoms with Crippen LogP contribution in [0.3, 0.4) is 0 Å². The van der Waals surface area contributed by atoms with E-state index in [1.54, 1.807) is 30.6 Å². The van der Waals surface area contributed by atoms with Gasteiger partial charge in [-0.2, -0.15) is 0 Å². The highest BCUT2D eigenvalue weighted by atomic mass is 16.1. The Labute approximate surface area is 106 Å². The van der Waals surface area contributed by atoms with Crippen molar-refractivity contribution in [2.24, 2.45) is 0 Å². The summed E-state index contributed by atoms with van der Waals surface area (Å²) in [6.45, 7) is 1.96. The number of aryl methyl sites for hydroxylation is 1. The highest BCUT2D eigenvalue weighted by Crippen LogP contribution is 2.16. The van der Waals surface area contributed by atoms with Gasteiger partial charge in [0.1, 0.15) is 0 Å². The highest BCUT2D eigenvalue weighted by Gasteiger charge is 2.07. The van der Waals surface area contributed by atoms with E-state index in [0.29, 0.717) is 11.3 Å². The van der Waals surface area contributed by atoms with Gasteiger partial charge in [-0.1, -0.05) is 0 Å². The molecule has 0 aliphatic carbocycles. The third-order valence-corrected chi connectivity index (χ3v) is 2.68. The number of benzene rings is 1. The summed E-state index contributed by atoms with van der Waals surface area (Å²) in [5.74, 6) is -0.131. The fourth-order valence-corrected chi connectivity index (χ4v) is 1.73. The van der Waals surface area contributed by atoms with Crippen molar-refractivity contribution in [2.75, 3.05) is 17.7 Å². The molecular weight excluding hydrogens is 226 g/mol. The number of nitrogens with one attached hydrogen (secondary N) is 2. The molecule has 2 aromatic rings. The Hall–Kier alpha value is -2.36. The first kappa shape index (κ1) is 12.1. The molecule has 1 amide bonds. The second-order valence-electron chi connectivity index (χ2n) is 3.98. The van der Waals surface area contributed by atoms with Crippen molar-refractivity contribution in [3.8, 4) is 0 Å². The van der Waals surface area contributed by atoms with Crippen LogP contribution in [-0.4, -0.2) is 17.9 Å². The predicted octanol–water partition coefficient (Wildman–Crippen LogP) is 2.68. The van der Waals surface area contributed by atoms with E-state index in [9.17, 15) is 4.79 Å². The summed E-state index contributed by atoms with van der Waals surface area (Å²) in [6.07, 6.45) is 3.29. The first-order chi connectivity index (χ1) is 8.70. The lowest BCUT2D eigenvalue weighted by molar-refractivity contribution is 0.102. The Morgan fingerprint density at radius 1 is 1.28 bits per heavy atom. The van der Waals surface area contributed by atoms with Crippen LogP contribution in [0.1, 0.15) is 15.9 Å². The molecule has 4 nitrogen and oxygen atoms in total. The zero-order chi connectivity index (χ0) is 13.0. The number of hydrogen-bond acceptors (Lipinski definition) is 3. The van der Waals surface area contributed by atoms with Gasteiger partial charge in [0.2, 0.25) is 0 Å². The molecule has 2 rings (SSSR count). The fourth-order valence-electron chi connectivity index (χ4n) is 1.73. The molecule has 4 heteroatoms. The number of amides is 1. The zero-order valence-corrected chi connectivity index (χ0v) is 10.4. The van der Waals surface area contributed by atoms with Crippen LogP contribution in [0.25, 0.3) is 0 Å². The van der Waals surface area contributed by atoms with E-state index in [0.717, 1.165) is 11.3 Å². The van der Waals surface area contributed by atoms with E-state index in [1.165, 1.54) is 0 Å². The minimum Gasteiger partial charge on any atom is -0.388 e. The summed E-state index contributed by atoms with van der Waals surface area (Å²) >= 11 is 0. The van der Waals surface area contributed by atoms with Crippen LogP contribution in [0.2, 0.25) is 0 Å². The summed E-state index contributed by atoms with van der Waals surface area (Å²) in [5.41, 5.74) is 3.39. The zero-order valence-electron chi connectivity index (χ0n) is 10.4. The number of carbonyl (C=O) groups excluding carboxylic acids is 1. The number of hydrogen-bond donors (Lipinski definition) is 2. The second-order valence-corrected chi connectivity index (χ2v) is 3.98. The molecular formula is C14H15N3O. The van der Waals surface area contributed by atoms with Gasteiger partial charge in [-0.3, -0.25) is 9.78 Å². The molecule has 0 radical (unpaired) electrons. The number of pyridine rings is 1. The maximum atomic E-state index is 12.0. The SMILES string of the molecule is CNc1ccc(C(=O)Nc2cccnc2)cc1C. The summed E-state index contributed by atoms with van der Waals surface area (Å²) in [5, 5.41) is 5.87. The van der Waals surface area contributed by atoms with Crippen molar-refractivity contribution in [1.29, 1.82) is 0 Å². The first-order valence-corrected chi connectivity index (χ1v) is 5.70. The van der Waals surface area contributed by atoms with Crippen LogP contribution in [-0.2, 0) is 0 Å². The van der Waals surface area contributed by atoms with Crippen molar-refractivity contribution >= 4 is 17.3 Å². The van der Waals surface area contributed by atoms with Crippen molar-refractivity contribution in [3.63, 3.8) is 0 Å². The maximum Gasteiger partial charge on any atom is 0.255 e. The number of aromatic nitrogens is 1. The van der Waals surface area contributed by atoms with Gasteiger partial charge in [0.25, 0.3) is 5.91 Å². The monoisotopic (exact) mass is 241 g/mol. The molecule has 0 spiro atoms. The quantitative estimate of drug-likeness (QED) is 0.868. The van der Waals surface area contributed by atoms with Crippen LogP contribution in [0.4, 0.5) is 11.4 Å². The Kier molecular flexibility index (Phi) is 3.57. The van der Waals surface area contributed by atoms with Crippen molar-refractivity contribution in [3.05, 3.63) is 53.9 Å². The Bertz CT molecular complexity index is 552. The van der Waals surface area contributed by atoms with Crippen molar-refractivity contribution in [1.82, 2.24) is 4.98 Å². The van der Waals surface area contributed by atoms with Gasteiger partial charge in [-0.15, -0.1) is 0 Å². The van der Waals surface area contributed by atoms with E-state index in [2.05, 4.69) is 15.6 Å². The molecule has 1 aromatic carbocycles. The van der Waals surface area contributed by atoms with E-state index >= 15 is 0 Å². The van der Waals surface area contributed by atoms with Crippen LogP contribution in [0.5, 0.6) is 0 Å². The average Bonchev–Trinajstić information content (AvgIpc) is 2.39. The number of anilines is 2. The Balaban J connectivity index is 2.17. The molecule has 18 heavy (non-hydrogen) atoms. The van der Waals surface area contributed by atoms with Crippen LogP contribution in [0, 0.1) is 6.92 Å². The molecule has 0 atom stereocenters. The molecule has 2 N–H and O–H groups in total. The van der Waals surface area contributed by atoms with Gasteiger partial charge in [-0.05, 0) is 42.8 Å². The summed E-state index contributed by atoms with van der Waals surface area (Å²) in [4.78, 5) is 16.0. The lowest BCUT2D eigenvalue weighted by Gasteiger charge is -2.08. The van der Waals surface area contributed by atoms with Gasteiger partial charge in [-0.25, -0.2) is 0 Å². The molecule has 1 heterocycles. The minimum absolute atomic E-state index is 0.131. The van der Waals surface area contributed by atoms with E-state index in [1.807, 2.05) is 26.1 Å². The summed E-state index contributed by atoms with van der Waals surface area (Å²) in [6, 6.07) is 9.14. The third kappa shape index (κ3) is 2.66. The minimum atomic E-state index is -0.131. The van der Waals surface area contributed by atoms with E-state index in [4.69, 9.17) is 0 Å². The lowest BCUT2D eigenvalue weighted by Crippen LogP contribution is -2.12. The Morgan fingerprint density at radius 3 is 2.72 bits per heavy atom. The Morgan fingerprint density at radius 2 is 2.11 bits per heavy atom. The smallest absolute Gasteiger partial charge is 0.255 e. The third-order valence-electron chi connectivity index (χ3n) is 2.68. The van der Waals surface area contributed by atoms with Crippen molar-refractivity contribution < 1.29 is 4.79 Å². The molecule has 0 saturated heterocycles. The molecule has 0 fully saturated rings. The van der Waals surface area contributed by atoms with Gasteiger partial charge in [0, 0.05) is 24.5 Å². The molecule has 0 unspecified atom stereocenters. The summed E-state index contributed by atoms with van der Waals surface area (Å²) < 4.78 is 0. The maximum absolute atomic E-state index is 12.0. The normalized spacial score (nSPS) is 9.89. The lowest BCUT2D eigenvalue weighted by atomic mass is 10.1. The standard InChI is InChI=1S/C14H15N3O/c1-10-8-11(5-6-13(10)15-2)14(18)17-12-4-3-7-16-9-12/h3-9,15H,1-2H3,(H,17,18). The predicted molar refractivity (Wildman–Crippen MR) is 72.9 cm³/mol. The molecule has 1 aromatic heterocycles. The highest BCUT2D eigenvalue weighted by molar-refractivity contribution is 6.04. The average molecular weight is 241 g/mol. The fraction of sp³-hybridized carbons (Fsp3) is 0.143. The van der Waals surface area contributed by atoms with Crippen molar-refractivity contribution in [2.45, 2.75) is 6.92 Å². The van der Waals surface area contributed by atoms with Crippen LogP contribution >= 0.6 is 0 Å². The molecule has 0 saturated carbocycles. The number of rotatable bonds is 3. The largest absolute Gasteiger partial charge is 0.388 e. The van der Waals surface area contributed by atoms with Gasteiger partial charge >= 0.3 is 0 Å². The molecule has 0 aliphatic heterocycles. The number of carbonyl (C=O) groups is 1. The topological polar surface area (TPSA) is 54.0 Å². The number of nitrogens with zero attached hydrogens (tertiary/aromatic N) is 1. The van der Waals surface area contributed by atoms with E-state index < -0.39 is 0 Å². The van der Waals surface area contributed by atoms with Gasteiger partial charge in [0.15, 0.2) is 0 Å². The van der Waals surface area contributed by atoms with Gasteiger partial charge < -0.3 is 10.6 Å². The first-order valence-electron chi connectivity index (χ1n) is 5.70. The summed E-state index contributed by atoms with van der Waals surface area (Å²) in [7, 11) is 1.86. The van der Waals surface area contributed by atoms with Crippen LogP contribution < -0.4 is 10.6 Å². The molecule has 92 valence electrons.